The number of amides is 1. The van der Waals surface area contributed by atoms with Gasteiger partial charge in [0.2, 0.25) is 4.80 Å². The largest absolute Gasteiger partial charge is 0.459 e. The van der Waals surface area contributed by atoms with E-state index in [0.29, 0.717) is 0 Å². The summed E-state index contributed by atoms with van der Waals surface area (Å²) in [6, 6.07) is 11.2. The quantitative estimate of drug-likeness (QED) is 0.727. The van der Waals surface area contributed by atoms with Crippen LogP contribution in [0.3, 0.4) is 0 Å². The number of thiazole rings is 1. The molecule has 0 aliphatic rings. The van der Waals surface area contributed by atoms with Gasteiger partial charge in [-0.25, -0.2) is 5.43 Å². The normalized spacial score (nSPS) is 11.9. The lowest BCUT2D eigenvalue weighted by atomic mass is 10.3. The number of benzene rings is 1. The van der Waals surface area contributed by atoms with Crippen LogP contribution in [-0.2, 0) is 7.05 Å². The molecule has 0 atom stereocenters. The highest BCUT2D eigenvalue weighted by molar-refractivity contribution is 7.16. The summed E-state index contributed by atoms with van der Waals surface area (Å²) in [7, 11) is 1.91. The summed E-state index contributed by atoms with van der Waals surface area (Å²) < 4.78 is 8.05. The van der Waals surface area contributed by atoms with Crippen molar-refractivity contribution in [3.05, 3.63) is 53.2 Å². The molecule has 0 aliphatic carbocycles. The third-order valence-electron chi connectivity index (χ3n) is 2.71. The molecular weight excluding hydrogens is 262 g/mol. The maximum Gasteiger partial charge on any atom is 0.307 e. The molecule has 0 unspecified atom stereocenters. The van der Waals surface area contributed by atoms with Crippen LogP contribution in [0.1, 0.15) is 10.6 Å². The van der Waals surface area contributed by atoms with Crippen LogP contribution in [0.15, 0.2) is 52.2 Å². The van der Waals surface area contributed by atoms with Gasteiger partial charge in [-0.05, 0) is 24.3 Å². The molecule has 2 heterocycles. The van der Waals surface area contributed by atoms with Gasteiger partial charge in [0.15, 0.2) is 5.76 Å². The van der Waals surface area contributed by atoms with E-state index < -0.39 is 0 Å². The van der Waals surface area contributed by atoms with Crippen LogP contribution in [-0.4, -0.2) is 10.5 Å². The molecule has 5 nitrogen and oxygen atoms in total. The molecule has 0 aliphatic heterocycles. The second kappa shape index (κ2) is 4.74. The Hall–Kier alpha value is -2.34. The van der Waals surface area contributed by atoms with Crippen molar-refractivity contribution in [3.8, 4) is 0 Å². The Kier molecular flexibility index (Phi) is 2.92. The number of aryl methyl sites for hydroxylation is 1. The lowest BCUT2D eigenvalue weighted by Gasteiger charge is -1.95. The van der Waals surface area contributed by atoms with Crippen molar-refractivity contribution < 1.29 is 9.21 Å². The third-order valence-corrected chi connectivity index (χ3v) is 3.83. The van der Waals surface area contributed by atoms with Crippen LogP contribution >= 0.6 is 11.3 Å². The maximum atomic E-state index is 11.7. The van der Waals surface area contributed by atoms with Crippen molar-refractivity contribution in [2.24, 2.45) is 12.1 Å². The second-order valence-corrected chi connectivity index (χ2v) is 4.95. The maximum absolute atomic E-state index is 11.7. The van der Waals surface area contributed by atoms with E-state index in [1.165, 1.54) is 17.6 Å². The monoisotopic (exact) mass is 273 g/mol. The summed E-state index contributed by atoms with van der Waals surface area (Å²) in [6.45, 7) is 0. The first-order valence-electron chi connectivity index (χ1n) is 5.68. The Morgan fingerprint density at radius 3 is 2.89 bits per heavy atom. The highest BCUT2D eigenvalue weighted by Gasteiger charge is 2.07. The molecule has 3 rings (SSSR count). The van der Waals surface area contributed by atoms with E-state index in [-0.39, 0.29) is 11.7 Å². The van der Waals surface area contributed by atoms with Crippen molar-refractivity contribution in [1.29, 1.82) is 0 Å². The van der Waals surface area contributed by atoms with Crippen molar-refractivity contribution in [2.75, 3.05) is 0 Å². The van der Waals surface area contributed by atoms with Gasteiger partial charge in [-0.3, -0.25) is 4.79 Å². The molecule has 0 radical (unpaired) electrons. The standard InChI is InChI=1S/C13H11N3O2S/c1-16-9-5-2-3-7-11(9)19-13(16)15-14-12(17)10-6-4-8-18-10/h2-8H,1H3,(H,14,17). The number of para-hydroxylation sites is 1. The third kappa shape index (κ3) is 2.17. The molecule has 0 bridgehead atoms. The molecule has 0 fully saturated rings. The van der Waals surface area contributed by atoms with Crippen LogP contribution in [0, 0.1) is 0 Å². The second-order valence-electron chi connectivity index (χ2n) is 3.94. The highest BCUT2D eigenvalue weighted by atomic mass is 32.1. The molecule has 1 aromatic carbocycles. The van der Waals surface area contributed by atoms with Gasteiger partial charge in [-0.1, -0.05) is 23.5 Å². The smallest absolute Gasteiger partial charge is 0.307 e. The minimum absolute atomic E-state index is 0.243. The molecule has 1 amide bonds. The Labute approximate surface area is 112 Å². The Bertz CT molecular complexity index is 784. The average Bonchev–Trinajstić information content (AvgIpc) is 3.05. The number of carbonyl (C=O) groups excluding carboxylic acids is 1. The van der Waals surface area contributed by atoms with Gasteiger partial charge < -0.3 is 8.98 Å². The van der Waals surface area contributed by atoms with E-state index >= 15 is 0 Å². The summed E-state index contributed by atoms with van der Waals surface area (Å²) in [5.74, 6) is -0.116. The minimum Gasteiger partial charge on any atom is -0.459 e. The zero-order valence-electron chi connectivity index (χ0n) is 10.2. The summed E-state index contributed by atoms with van der Waals surface area (Å²) in [6.07, 6.45) is 1.45. The number of nitrogens with zero attached hydrogens (tertiary/aromatic N) is 2. The van der Waals surface area contributed by atoms with Crippen LogP contribution in [0.25, 0.3) is 10.2 Å². The highest BCUT2D eigenvalue weighted by Crippen LogP contribution is 2.14. The number of hydrogen-bond acceptors (Lipinski definition) is 4. The van der Waals surface area contributed by atoms with Gasteiger partial charge in [0.1, 0.15) is 0 Å². The lowest BCUT2D eigenvalue weighted by molar-refractivity contribution is 0.0925. The molecule has 0 saturated carbocycles. The number of nitrogens with one attached hydrogen (secondary N) is 1. The van der Waals surface area contributed by atoms with Gasteiger partial charge >= 0.3 is 5.91 Å². The van der Waals surface area contributed by atoms with E-state index in [9.17, 15) is 4.79 Å². The molecule has 0 saturated heterocycles. The fourth-order valence-corrected chi connectivity index (χ4v) is 2.73. The zero-order valence-corrected chi connectivity index (χ0v) is 11.0. The first-order chi connectivity index (χ1) is 9.25. The average molecular weight is 273 g/mol. The number of furan rings is 1. The van der Waals surface area contributed by atoms with Crippen molar-refractivity contribution in [3.63, 3.8) is 0 Å². The minimum atomic E-state index is -0.359. The van der Waals surface area contributed by atoms with Gasteiger partial charge in [0.25, 0.3) is 0 Å². The number of carbonyl (C=O) groups is 1. The van der Waals surface area contributed by atoms with E-state index in [4.69, 9.17) is 4.42 Å². The fourth-order valence-electron chi connectivity index (χ4n) is 1.75. The van der Waals surface area contributed by atoms with Crippen LogP contribution in [0.4, 0.5) is 0 Å². The van der Waals surface area contributed by atoms with E-state index in [0.717, 1.165) is 15.0 Å². The predicted octanol–water partition coefficient (Wildman–Crippen LogP) is 2.08. The van der Waals surface area contributed by atoms with Crippen molar-refractivity contribution in [2.45, 2.75) is 0 Å². The van der Waals surface area contributed by atoms with E-state index in [1.54, 1.807) is 12.1 Å². The summed E-state index contributed by atoms with van der Waals surface area (Å²) in [5.41, 5.74) is 3.57. The molecule has 6 heteroatoms. The first kappa shape index (κ1) is 11.7. The number of aromatic nitrogens is 1. The molecular formula is C13H11N3O2S. The number of fused-ring (bicyclic) bond motifs is 1. The van der Waals surface area contributed by atoms with Gasteiger partial charge in [0.05, 0.1) is 16.5 Å². The van der Waals surface area contributed by atoms with Crippen LogP contribution in [0.5, 0.6) is 0 Å². The Morgan fingerprint density at radius 2 is 2.16 bits per heavy atom. The van der Waals surface area contributed by atoms with Crippen LogP contribution in [0.2, 0.25) is 0 Å². The lowest BCUT2D eigenvalue weighted by Crippen LogP contribution is -2.22. The van der Waals surface area contributed by atoms with Gasteiger partial charge in [0, 0.05) is 7.05 Å². The molecule has 19 heavy (non-hydrogen) atoms. The topological polar surface area (TPSA) is 59.5 Å². The Morgan fingerprint density at radius 1 is 1.32 bits per heavy atom. The summed E-state index contributed by atoms with van der Waals surface area (Å²) in [4.78, 5) is 12.4. The van der Waals surface area contributed by atoms with Crippen molar-refractivity contribution in [1.82, 2.24) is 9.99 Å². The summed E-state index contributed by atoms with van der Waals surface area (Å²) in [5, 5.41) is 4.12. The molecule has 2 aromatic heterocycles. The van der Waals surface area contributed by atoms with Crippen molar-refractivity contribution >= 4 is 27.5 Å². The fraction of sp³-hybridized carbons (Fsp3) is 0.0769. The predicted molar refractivity (Wildman–Crippen MR) is 72.5 cm³/mol. The zero-order chi connectivity index (χ0) is 13.2. The molecule has 1 N–H and O–H groups in total. The van der Waals surface area contributed by atoms with Gasteiger partial charge in [-0.15, -0.1) is 5.10 Å². The van der Waals surface area contributed by atoms with Gasteiger partial charge in [-0.2, -0.15) is 0 Å². The number of hydrogen-bond donors (Lipinski definition) is 1. The van der Waals surface area contributed by atoms with Crippen LogP contribution < -0.4 is 10.2 Å². The summed E-state index contributed by atoms with van der Waals surface area (Å²) >= 11 is 1.51. The molecule has 96 valence electrons. The van der Waals surface area contributed by atoms with E-state index in [1.807, 2.05) is 35.9 Å². The Balaban J connectivity index is 1.94. The molecule has 0 spiro atoms. The molecule has 3 aromatic rings. The van der Waals surface area contributed by atoms with E-state index in [2.05, 4.69) is 10.5 Å². The number of rotatable bonds is 2. The first-order valence-corrected chi connectivity index (χ1v) is 6.49. The SMILES string of the molecule is Cn1c(=NNC(=O)c2ccco2)sc2ccccc21.